The van der Waals surface area contributed by atoms with Crippen molar-refractivity contribution < 1.29 is 1.37 Å². The van der Waals surface area contributed by atoms with Crippen LogP contribution in [0.1, 0.15) is 38.5 Å². The fourth-order valence-corrected chi connectivity index (χ4v) is 2.08. The Kier molecular flexibility index (Phi) is 2.29. The van der Waals surface area contributed by atoms with Crippen LogP contribution in [0.2, 0.25) is 0 Å². The van der Waals surface area contributed by atoms with Crippen LogP contribution in [-0.4, -0.2) is 6.04 Å². The van der Waals surface area contributed by atoms with Crippen LogP contribution in [0.5, 0.6) is 0 Å². The third-order valence-electron chi connectivity index (χ3n) is 2.81. The van der Waals surface area contributed by atoms with Crippen molar-refractivity contribution in [3.63, 3.8) is 0 Å². The van der Waals surface area contributed by atoms with Gasteiger partial charge in [-0.05, 0) is 30.7 Å². The predicted molar refractivity (Wildman–Crippen MR) is 55.6 cm³/mol. The van der Waals surface area contributed by atoms with Crippen LogP contribution in [0.4, 0.5) is 0 Å². The van der Waals surface area contributed by atoms with Gasteiger partial charge in [0.25, 0.3) is 0 Å². The quantitative estimate of drug-likeness (QED) is 0.699. The second-order valence-corrected chi connectivity index (χ2v) is 3.82. The summed E-state index contributed by atoms with van der Waals surface area (Å²) in [4.78, 5) is 0. The first-order chi connectivity index (χ1) is 6.77. The van der Waals surface area contributed by atoms with Crippen molar-refractivity contribution in [2.45, 2.75) is 37.6 Å². The first-order valence-corrected chi connectivity index (χ1v) is 5.00. The van der Waals surface area contributed by atoms with Gasteiger partial charge in [0, 0.05) is 7.41 Å². The molecule has 0 bridgehead atoms. The van der Waals surface area contributed by atoms with Gasteiger partial charge in [0.1, 0.15) is 0 Å². The topological polar surface area (TPSA) is 26.0 Å². The Morgan fingerprint density at radius 2 is 2.08 bits per heavy atom. The number of rotatable bonds is 1. The zero-order valence-electron chi connectivity index (χ0n) is 8.82. The average Bonchev–Trinajstić information content (AvgIpc) is 2.23. The Bertz CT molecular complexity index is 286. The summed E-state index contributed by atoms with van der Waals surface area (Å²) in [6, 6.07) is 10.6. The molecule has 1 aliphatic carbocycles. The lowest BCUT2D eigenvalue weighted by Crippen LogP contribution is -2.26. The van der Waals surface area contributed by atoms with Crippen LogP contribution < -0.4 is 5.73 Å². The Balaban J connectivity index is 2.07. The molecule has 0 saturated heterocycles. The highest BCUT2D eigenvalue weighted by Crippen LogP contribution is 2.31. The van der Waals surface area contributed by atoms with Crippen molar-refractivity contribution in [2.24, 2.45) is 5.73 Å². The zero-order valence-corrected chi connectivity index (χ0v) is 7.82. The van der Waals surface area contributed by atoms with Crippen LogP contribution in [0, 0.1) is 0 Å². The van der Waals surface area contributed by atoms with Crippen LogP contribution in [-0.2, 0) is 0 Å². The van der Waals surface area contributed by atoms with E-state index in [0.717, 1.165) is 19.3 Å². The second-order valence-electron chi connectivity index (χ2n) is 3.82. The smallest absolute Gasteiger partial charge is 0.0282 e. The Morgan fingerprint density at radius 3 is 2.77 bits per heavy atom. The van der Waals surface area contributed by atoms with Gasteiger partial charge in [-0.2, -0.15) is 0 Å². The maximum Gasteiger partial charge on any atom is 0.0282 e. The van der Waals surface area contributed by atoms with Crippen molar-refractivity contribution in [2.75, 3.05) is 0 Å². The van der Waals surface area contributed by atoms with Crippen molar-refractivity contribution in [1.29, 1.82) is 0 Å². The summed E-state index contributed by atoms with van der Waals surface area (Å²) in [6.45, 7) is 0. The molecule has 2 rings (SSSR count). The van der Waals surface area contributed by atoms with Crippen LogP contribution in [0.3, 0.4) is 0 Å². The summed E-state index contributed by atoms with van der Waals surface area (Å²) in [7, 11) is 0. The maximum absolute atomic E-state index is 7.71. The third kappa shape index (κ3) is 2.10. The first kappa shape index (κ1) is 7.57. The van der Waals surface area contributed by atoms with E-state index in [1.807, 2.05) is 6.07 Å². The lowest BCUT2D eigenvalue weighted by Gasteiger charge is -2.26. The van der Waals surface area contributed by atoms with Gasteiger partial charge in [-0.15, -0.1) is 0 Å². The van der Waals surface area contributed by atoms with Gasteiger partial charge in [0.2, 0.25) is 0 Å². The summed E-state index contributed by atoms with van der Waals surface area (Å²) in [5, 5.41) is 0. The van der Waals surface area contributed by atoms with Gasteiger partial charge in [0.05, 0.1) is 0 Å². The zero-order chi connectivity index (χ0) is 9.97. The monoisotopic (exact) mass is 176 g/mol. The molecule has 0 aliphatic heterocycles. The molecule has 1 nitrogen and oxygen atoms in total. The molecule has 70 valence electrons. The van der Waals surface area contributed by atoms with E-state index in [0.29, 0.717) is 5.92 Å². The highest BCUT2D eigenvalue weighted by atomic mass is 14.6. The molecule has 3 unspecified atom stereocenters. The Labute approximate surface area is 81.4 Å². The van der Waals surface area contributed by atoms with Gasteiger partial charge in [-0.1, -0.05) is 36.8 Å². The van der Waals surface area contributed by atoms with E-state index in [1.54, 1.807) is 0 Å². The second kappa shape index (κ2) is 3.93. The molecule has 1 saturated carbocycles. The number of nitrogens with two attached hydrogens (primary N) is 1. The molecule has 13 heavy (non-hydrogen) atoms. The molecule has 1 aromatic carbocycles. The molecule has 3 atom stereocenters. The maximum atomic E-state index is 7.71. The minimum Gasteiger partial charge on any atom is -0.328 e. The van der Waals surface area contributed by atoms with Gasteiger partial charge in [0.15, 0.2) is 0 Å². The fraction of sp³-hybridized carbons (Fsp3) is 0.500. The van der Waals surface area contributed by atoms with E-state index < -0.39 is 0 Å². The summed E-state index contributed by atoms with van der Waals surface area (Å²) in [6.07, 6.45) is 2.99. The molecule has 1 aromatic rings. The number of benzene rings is 1. The van der Waals surface area contributed by atoms with Gasteiger partial charge in [-0.3, -0.25) is 0 Å². The van der Waals surface area contributed by atoms with Gasteiger partial charge >= 0.3 is 0 Å². The molecule has 1 fully saturated rings. The van der Waals surface area contributed by atoms with E-state index in [9.17, 15) is 0 Å². The van der Waals surface area contributed by atoms with Crippen molar-refractivity contribution in [1.82, 2.24) is 0 Å². The van der Waals surface area contributed by atoms with E-state index in [-0.39, 0.29) is 12.4 Å². The minimum absolute atomic E-state index is 0.0463. The standard InChI is InChI=1S/C12H17N/c13-12-8-4-7-11(9-12)10-5-2-1-3-6-10/h1-3,5-6,11-12H,4,7-9,13H2/i8D. The van der Waals surface area contributed by atoms with E-state index in [1.165, 1.54) is 5.56 Å². The highest BCUT2D eigenvalue weighted by molar-refractivity contribution is 5.20. The molecule has 0 heterocycles. The molecule has 0 radical (unpaired) electrons. The van der Waals surface area contributed by atoms with Crippen molar-refractivity contribution >= 4 is 0 Å². The van der Waals surface area contributed by atoms with Crippen LogP contribution >= 0.6 is 0 Å². The minimum atomic E-state index is -0.0463. The molecule has 0 aromatic heterocycles. The molecule has 0 spiro atoms. The third-order valence-corrected chi connectivity index (χ3v) is 2.81. The molecular weight excluding hydrogens is 158 g/mol. The lowest BCUT2D eigenvalue weighted by atomic mass is 9.82. The molecule has 0 amide bonds. The van der Waals surface area contributed by atoms with E-state index in [2.05, 4.69) is 24.3 Å². The largest absolute Gasteiger partial charge is 0.328 e. The molecule has 1 heteroatoms. The summed E-state index contributed by atoms with van der Waals surface area (Å²) < 4.78 is 7.71. The first-order valence-electron chi connectivity index (χ1n) is 5.58. The van der Waals surface area contributed by atoms with Crippen molar-refractivity contribution in [3.05, 3.63) is 35.9 Å². The van der Waals surface area contributed by atoms with Gasteiger partial charge < -0.3 is 5.73 Å². The Morgan fingerprint density at radius 1 is 1.31 bits per heavy atom. The molecule has 2 N–H and O–H groups in total. The number of hydrogen-bond acceptors (Lipinski definition) is 1. The summed E-state index contributed by atoms with van der Waals surface area (Å²) in [5.41, 5.74) is 7.30. The summed E-state index contributed by atoms with van der Waals surface area (Å²) >= 11 is 0. The molecular formula is C12H17N. The SMILES string of the molecule is [2H]C1CCC(c2ccccc2)CC1N. The normalized spacial score (nSPS) is 35.5. The average molecular weight is 176 g/mol. The highest BCUT2D eigenvalue weighted by Gasteiger charge is 2.19. The number of hydrogen-bond donors (Lipinski definition) is 1. The van der Waals surface area contributed by atoms with Gasteiger partial charge in [-0.25, -0.2) is 0 Å². The van der Waals surface area contributed by atoms with E-state index in [4.69, 9.17) is 7.10 Å². The van der Waals surface area contributed by atoms with Crippen LogP contribution in [0.15, 0.2) is 30.3 Å². The fourth-order valence-electron chi connectivity index (χ4n) is 2.08. The Hall–Kier alpha value is -0.820. The van der Waals surface area contributed by atoms with E-state index >= 15 is 0 Å². The molecule has 1 aliphatic rings. The lowest BCUT2D eigenvalue weighted by molar-refractivity contribution is 0.393. The summed E-state index contributed by atoms with van der Waals surface area (Å²) in [5.74, 6) is 0.577. The van der Waals surface area contributed by atoms with Crippen LogP contribution in [0.25, 0.3) is 0 Å². The predicted octanol–water partition coefficient (Wildman–Crippen LogP) is 2.67. The van der Waals surface area contributed by atoms with Crippen molar-refractivity contribution in [3.8, 4) is 0 Å².